The zero-order valence-corrected chi connectivity index (χ0v) is 13.6. The van der Waals surface area contributed by atoms with Gasteiger partial charge >= 0.3 is 0 Å². The standard InChI is InChI=1S/C19H18N2O3/c1-14(22)21-17-10-8-15(9-11-17)5-4-12-20-19(23)16-6-3-7-18(13-16)24-2/h3,6-11,13H,12H2,1-2H3,(H,20,23)(H,21,22). The fourth-order valence-electron chi connectivity index (χ4n) is 1.98. The lowest BCUT2D eigenvalue weighted by Gasteiger charge is -2.04. The molecule has 0 aliphatic rings. The van der Waals surface area contributed by atoms with E-state index in [-0.39, 0.29) is 18.4 Å². The van der Waals surface area contributed by atoms with E-state index < -0.39 is 0 Å². The van der Waals surface area contributed by atoms with Gasteiger partial charge in [0.05, 0.1) is 13.7 Å². The second kappa shape index (κ2) is 8.39. The number of anilines is 1. The third-order valence-electron chi connectivity index (χ3n) is 3.11. The summed E-state index contributed by atoms with van der Waals surface area (Å²) in [5.74, 6) is 6.15. The summed E-state index contributed by atoms with van der Waals surface area (Å²) in [5.41, 5.74) is 2.05. The molecule has 5 heteroatoms. The van der Waals surface area contributed by atoms with Crippen molar-refractivity contribution in [3.8, 4) is 17.6 Å². The molecule has 0 aliphatic carbocycles. The van der Waals surface area contributed by atoms with Gasteiger partial charge in [0, 0.05) is 23.7 Å². The first-order valence-electron chi connectivity index (χ1n) is 7.37. The minimum atomic E-state index is -0.204. The monoisotopic (exact) mass is 322 g/mol. The van der Waals surface area contributed by atoms with E-state index in [2.05, 4.69) is 22.5 Å². The molecular formula is C19H18N2O3. The zero-order valence-electron chi connectivity index (χ0n) is 13.6. The molecule has 0 atom stereocenters. The average molecular weight is 322 g/mol. The van der Waals surface area contributed by atoms with Gasteiger partial charge in [-0.05, 0) is 42.5 Å². The molecule has 2 aromatic rings. The molecule has 2 aromatic carbocycles. The van der Waals surface area contributed by atoms with Gasteiger partial charge in [0.15, 0.2) is 0 Å². The van der Waals surface area contributed by atoms with Crippen LogP contribution in [0.4, 0.5) is 5.69 Å². The number of carbonyl (C=O) groups excluding carboxylic acids is 2. The van der Waals surface area contributed by atoms with Gasteiger partial charge in [0.1, 0.15) is 5.75 Å². The van der Waals surface area contributed by atoms with Crippen LogP contribution in [0.1, 0.15) is 22.8 Å². The number of ether oxygens (including phenoxy) is 1. The third kappa shape index (κ3) is 5.18. The zero-order chi connectivity index (χ0) is 17.4. The summed E-state index contributed by atoms with van der Waals surface area (Å²) in [6.07, 6.45) is 0. The van der Waals surface area contributed by atoms with Gasteiger partial charge in [-0.15, -0.1) is 0 Å². The molecule has 2 amide bonds. The molecule has 0 saturated carbocycles. The summed E-state index contributed by atoms with van der Waals surface area (Å²) in [6, 6.07) is 14.1. The first-order chi connectivity index (χ1) is 11.6. The highest BCUT2D eigenvalue weighted by Crippen LogP contribution is 2.12. The minimum absolute atomic E-state index is 0.117. The first-order valence-corrected chi connectivity index (χ1v) is 7.37. The van der Waals surface area contributed by atoms with Crippen molar-refractivity contribution in [2.45, 2.75) is 6.92 Å². The van der Waals surface area contributed by atoms with Crippen molar-refractivity contribution >= 4 is 17.5 Å². The largest absolute Gasteiger partial charge is 0.497 e. The molecule has 2 rings (SSSR count). The Kier molecular flexibility index (Phi) is 5.98. The number of carbonyl (C=O) groups is 2. The molecule has 122 valence electrons. The number of methoxy groups -OCH3 is 1. The van der Waals surface area contributed by atoms with Crippen LogP contribution >= 0.6 is 0 Å². The third-order valence-corrected chi connectivity index (χ3v) is 3.11. The van der Waals surface area contributed by atoms with Crippen molar-refractivity contribution < 1.29 is 14.3 Å². The van der Waals surface area contributed by atoms with Crippen molar-refractivity contribution in [1.82, 2.24) is 5.32 Å². The van der Waals surface area contributed by atoms with Gasteiger partial charge < -0.3 is 15.4 Å². The van der Waals surface area contributed by atoms with Crippen molar-refractivity contribution in [3.63, 3.8) is 0 Å². The Morgan fingerprint density at radius 1 is 1.12 bits per heavy atom. The smallest absolute Gasteiger partial charge is 0.252 e. The second-order valence-electron chi connectivity index (χ2n) is 4.97. The Labute approximate surface area is 141 Å². The fraction of sp³-hybridized carbons (Fsp3) is 0.158. The lowest BCUT2D eigenvalue weighted by molar-refractivity contribution is -0.114. The highest BCUT2D eigenvalue weighted by atomic mass is 16.5. The Morgan fingerprint density at radius 2 is 1.88 bits per heavy atom. The first kappa shape index (κ1) is 17.1. The number of hydrogen-bond acceptors (Lipinski definition) is 3. The predicted molar refractivity (Wildman–Crippen MR) is 93.0 cm³/mol. The summed E-state index contributed by atoms with van der Waals surface area (Å²) >= 11 is 0. The summed E-state index contributed by atoms with van der Waals surface area (Å²) in [7, 11) is 1.56. The Bertz CT molecular complexity index is 786. The molecule has 0 saturated heterocycles. The van der Waals surface area contributed by atoms with Gasteiger partial charge in [0.25, 0.3) is 5.91 Å². The molecule has 0 heterocycles. The van der Waals surface area contributed by atoms with E-state index in [4.69, 9.17) is 4.74 Å². The topological polar surface area (TPSA) is 67.4 Å². The quantitative estimate of drug-likeness (QED) is 0.850. The molecule has 0 aliphatic heterocycles. The van der Waals surface area contributed by atoms with Crippen molar-refractivity contribution in [1.29, 1.82) is 0 Å². The van der Waals surface area contributed by atoms with E-state index in [0.717, 1.165) is 11.3 Å². The van der Waals surface area contributed by atoms with Gasteiger partial charge in [-0.1, -0.05) is 17.9 Å². The van der Waals surface area contributed by atoms with Crippen molar-refractivity contribution in [2.75, 3.05) is 19.0 Å². The van der Waals surface area contributed by atoms with Crippen LogP contribution in [0.15, 0.2) is 48.5 Å². The molecule has 0 radical (unpaired) electrons. The lowest BCUT2D eigenvalue weighted by Crippen LogP contribution is -2.23. The van der Waals surface area contributed by atoms with E-state index in [9.17, 15) is 9.59 Å². The Hall–Kier alpha value is -3.26. The SMILES string of the molecule is COc1cccc(C(=O)NCC#Cc2ccc(NC(C)=O)cc2)c1. The van der Waals surface area contributed by atoms with E-state index >= 15 is 0 Å². The highest BCUT2D eigenvalue weighted by Gasteiger charge is 2.04. The van der Waals surface area contributed by atoms with Crippen LogP contribution in [0.3, 0.4) is 0 Å². The highest BCUT2D eigenvalue weighted by molar-refractivity contribution is 5.94. The molecule has 0 aromatic heterocycles. The molecule has 0 fully saturated rings. The molecule has 0 bridgehead atoms. The van der Waals surface area contributed by atoms with Crippen LogP contribution in [0.5, 0.6) is 5.75 Å². The van der Waals surface area contributed by atoms with Gasteiger partial charge in [-0.25, -0.2) is 0 Å². The number of rotatable bonds is 4. The normalized spacial score (nSPS) is 9.42. The van der Waals surface area contributed by atoms with Crippen LogP contribution in [-0.2, 0) is 4.79 Å². The second-order valence-corrected chi connectivity index (χ2v) is 4.97. The molecule has 0 unspecified atom stereocenters. The summed E-state index contributed by atoms with van der Waals surface area (Å²) in [6.45, 7) is 1.70. The number of benzene rings is 2. The van der Waals surface area contributed by atoms with Gasteiger partial charge in [-0.2, -0.15) is 0 Å². The van der Waals surface area contributed by atoms with Crippen molar-refractivity contribution in [3.05, 3.63) is 59.7 Å². The van der Waals surface area contributed by atoms with Crippen LogP contribution in [0, 0.1) is 11.8 Å². The van der Waals surface area contributed by atoms with Crippen LogP contribution < -0.4 is 15.4 Å². The van der Waals surface area contributed by atoms with Crippen molar-refractivity contribution in [2.24, 2.45) is 0 Å². The average Bonchev–Trinajstić information content (AvgIpc) is 2.59. The summed E-state index contributed by atoms with van der Waals surface area (Å²) in [4.78, 5) is 22.9. The molecular weight excluding hydrogens is 304 g/mol. The fourth-order valence-corrected chi connectivity index (χ4v) is 1.98. The van der Waals surface area contributed by atoms with E-state index in [0.29, 0.717) is 11.3 Å². The van der Waals surface area contributed by atoms with Crippen LogP contribution in [-0.4, -0.2) is 25.5 Å². The summed E-state index contributed by atoms with van der Waals surface area (Å²) in [5, 5.41) is 5.42. The molecule has 5 nitrogen and oxygen atoms in total. The summed E-state index contributed by atoms with van der Waals surface area (Å²) < 4.78 is 5.09. The van der Waals surface area contributed by atoms with E-state index in [1.165, 1.54) is 6.92 Å². The number of amides is 2. The molecule has 2 N–H and O–H groups in total. The van der Waals surface area contributed by atoms with E-state index in [1.807, 2.05) is 12.1 Å². The predicted octanol–water partition coefficient (Wildman–Crippen LogP) is 2.44. The Balaban J connectivity index is 1.88. The maximum absolute atomic E-state index is 12.0. The van der Waals surface area contributed by atoms with Gasteiger partial charge in [-0.3, -0.25) is 9.59 Å². The minimum Gasteiger partial charge on any atom is -0.497 e. The number of hydrogen-bond donors (Lipinski definition) is 2. The lowest BCUT2D eigenvalue weighted by atomic mass is 10.2. The maximum Gasteiger partial charge on any atom is 0.252 e. The van der Waals surface area contributed by atoms with Crippen LogP contribution in [0.2, 0.25) is 0 Å². The molecule has 0 spiro atoms. The maximum atomic E-state index is 12.0. The molecule has 24 heavy (non-hydrogen) atoms. The van der Waals surface area contributed by atoms with Crippen LogP contribution in [0.25, 0.3) is 0 Å². The van der Waals surface area contributed by atoms with Gasteiger partial charge in [0.2, 0.25) is 5.91 Å². The van der Waals surface area contributed by atoms with E-state index in [1.54, 1.807) is 43.5 Å². The Morgan fingerprint density at radius 3 is 2.54 bits per heavy atom. The number of nitrogens with one attached hydrogen (secondary N) is 2.